The molecule has 1 aliphatic heterocycles. The second kappa shape index (κ2) is 7.48. The van der Waals surface area contributed by atoms with Crippen molar-refractivity contribution in [3.63, 3.8) is 0 Å². The topological polar surface area (TPSA) is 41.1 Å². The van der Waals surface area contributed by atoms with Gasteiger partial charge in [-0.05, 0) is 49.8 Å². The van der Waals surface area contributed by atoms with Crippen LogP contribution in [0.15, 0.2) is 36.2 Å². The minimum atomic E-state index is 0.764. The maximum Gasteiger partial charge on any atom is 0.133 e. The molecular formula is C22H28N4. The van der Waals surface area contributed by atoms with E-state index in [9.17, 15) is 0 Å². The van der Waals surface area contributed by atoms with E-state index in [-0.39, 0.29) is 0 Å². The van der Waals surface area contributed by atoms with Gasteiger partial charge in [0.15, 0.2) is 0 Å². The summed E-state index contributed by atoms with van der Waals surface area (Å²) < 4.78 is 0. The number of anilines is 3. The third-order valence-corrected chi connectivity index (χ3v) is 5.65. The molecule has 4 rings (SSSR count). The van der Waals surface area contributed by atoms with E-state index < -0.39 is 0 Å². The molecule has 1 N–H and O–H groups in total. The van der Waals surface area contributed by atoms with Crippen LogP contribution in [0.25, 0.3) is 6.08 Å². The summed E-state index contributed by atoms with van der Waals surface area (Å²) >= 11 is 0. The van der Waals surface area contributed by atoms with Crippen molar-refractivity contribution in [1.82, 2.24) is 9.97 Å². The van der Waals surface area contributed by atoms with E-state index in [0.29, 0.717) is 0 Å². The molecule has 2 aromatic heterocycles. The Bertz CT molecular complexity index is 788. The second-order valence-electron chi connectivity index (χ2n) is 7.54. The molecule has 0 saturated heterocycles. The van der Waals surface area contributed by atoms with Gasteiger partial charge in [0.2, 0.25) is 0 Å². The first-order valence-corrected chi connectivity index (χ1v) is 9.88. The highest BCUT2D eigenvalue weighted by atomic mass is 15.1. The molecule has 26 heavy (non-hydrogen) atoms. The minimum absolute atomic E-state index is 0.764. The lowest BCUT2D eigenvalue weighted by molar-refractivity contribution is 0.399. The third-order valence-electron chi connectivity index (χ3n) is 5.65. The standard InChI is InChI=1S/C22H28N4/c1-3-26-15-19(17-7-5-4-6-8-17)11-18-14-24-22(12-20(18)26)25-21-10-9-16(2)13-23-21/h9-14,17H,3-8,15H2,1-2H3,(H,23,24,25). The maximum atomic E-state index is 4.64. The van der Waals surface area contributed by atoms with E-state index in [1.165, 1.54) is 43.4 Å². The summed E-state index contributed by atoms with van der Waals surface area (Å²) in [6, 6.07) is 6.22. The minimum Gasteiger partial charge on any atom is -0.367 e. The normalized spacial score (nSPS) is 17.6. The number of fused-ring (bicyclic) bond motifs is 1. The van der Waals surface area contributed by atoms with E-state index in [4.69, 9.17) is 0 Å². The van der Waals surface area contributed by atoms with Crippen molar-refractivity contribution in [2.24, 2.45) is 5.92 Å². The average molecular weight is 348 g/mol. The largest absolute Gasteiger partial charge is 0.367 e. The van der Waals surface area contributed by atoms with Gasteiger partial charge in [-0.2, -0.15) is 0 Å². The smallest absolute Gasteiger partial charge is 0.133 e. The molecule has 2 aliphatic rings. The van der Waals surface area contributed by atoms with Gasteiger partial charge in [-0.15, -0.1) is 0 Å². The van der Waals surface area contributed by atoms with Gasteiger partial charge >= 0.3 is 0 Å². The molecule has 4 nitrogen and oxygen atoms in total. The molecule has 0 unspecified atom stereocenters. The van der Waals surface area contributed by atoms with Gasteiger partial charge < -0.3 is 10.2 Å². The van der Waals surface area contributed by atoms with E-state index in [1.54, 1.807) is 5.57 Å². The van der Waals surface area contributed by atoms with E-state index in [2.05, 4.69) is 45.3 Å². The molecule has 0 atom stereocenters. The first-order valence-electron chi connectivity index (χ1n) is 9.88. The van der Waals surface area contributed by atoms with Crippen molar-refractivity contribution in [2.75, 3.05) is 23.3 Å². The number of nitrogens with one attached hydrogen (secondary N) is 1. The second-order valence-corrected chi connectivity index (χ2v) is 7.54. The van der Waals surface area contributed by atoms with Crippen molar-refractivity contribution in [2.45, 2.75) is 46.0 Å². The van der Waals surface area contributed by atoms with E-state index in [0.717, 1.165) is 36.2 Å². The van der Waals surface area contributed by atoms with Gasteiger partial charge in [-0.1, -0.05) is 31.4 Å². The molecule has 0 aromatic carbocycles. The highest BCUT2D eigenvalue weighted by Gasteiger charge is 2.24. The molecule has 0 amide bonds. The van der Waals surface area contributed by atoms with Crippen LogP contribution in [0.3, 0.4) is 0 Å². The number of pyridine rings is 2. The van der Waals surface area contributed by atoms with Crippen molar-refractivity contribution < 1.29 is 0 Å². The Labute approximate surface area is 156 Å². The van der Waals surface area contributed by atoms with Crippen molar-refractivity contribution in [3.05, 3.63) is 47.3 Å². The Hall–Kier alpha value is -2.36. The van der Waals surface area contributed by atoms with Crippen molar-refractivity contribution >= 4 is 23.4 Å². The van der Waals surface area contributed by atoms with Crippen LogP contribution < -0.4 is 10.2 Å². The van der Waals surface area contributed by atoms with Crippen LogP contribution in [0.4, 0.5) is 17.3 Å². The van der Waals surface area contributed by atoms with Gasteiger partial charge in [0, 0.05) is 42.8 Å². The van der Waals surface area contributed by atoms with E-state index in [1.807, 2.05) is 25.4 Å². The number of hydrogen-bond donors (Lipinski definition) is 1. The monoisotopic (exact) mass is 348 g/mol. The summed E-state index contributed by atoms with van der Waals surface area (Å²) in [6.45, 7) is 6.36. The molecule has 0 spiro atoms. The van der Waals surface area contributed by atoms with Crippen LogP contribution in [0, 0.1) is 12.8 Å². The first kappa shape index (κ1) is 17.1. The summed E-state index contributed by atoms with van der Waals surface area (Å²) in [7, 11) is 0. The van der Waals surface area contributed by atoms with E-state index >= 15 is 0 Å². The van der Waals surface area contributed by atoms with Crippen molar-refractivity contribution in [3.8, 4) is 0 Å². The number of rotatable bonds is 4. The fourth-order valence-corrected chi connectivity index (χ4v) is 4.14. The number of hydrogen-bond acceptors (Lipinski definition) is 4. The van der Waals surface area contributed by atoms with Crippen LogP contribution in [-0.2, 0) is 0 Å². The van der Waals surface area contributed by atoms with Gasteiger partial charge in [-0.3, -0.25) is 0 Å². The highest BCUT2D eigenvalue weighted by molar-refractivity contribution is 5.76. The van der Waals surface area contributed by atoms with Gasteiger partial charge in [0.05, 0.1) is 0 Å². The number of likely N-dealkylation sites (N-methyl/N-ethyl adjacent to an activating group) is 1. The first-order chi connectivity index (χ1) is 12.7. The molecule has 1 saturated carbocycles. The lowest BCUT2D eigenvalue weighted by Gasteiger charge is -2.35. The quantitative estimate of drug-likeness (QED) is 0.810. The van der Waals surface area contributed by atoms with Crippen LogP contribution >= 0.6 is 0 Å². The summed E-state index contributed by atoms with van der Waals surface area (Å²) in [6.07, 6.45) is 13.2. The zero-order chi connectivity index (χ0) is 17.9. The maximum absolute atomic E-state index is 4.64. The zero-order valence-corrected chi connectivity index (χ0v) is 15.8. The molecule has 3 heterocycles. The summed E-state index contributed by atoms with van der Waals surface area (Å²) in [5, 5.41) is 3.33. The molecule has 1 fully saturated rings. The Morgan fingerprint density at radius 2 is 1.88 bits per heavy atom. The molecule has 1 aliphatic carbocycles. The predicted molar refractivity (Wildman–Crippen MR) is 109 cm³/mol. The lowest BCUT2D eigenvalue weighted by atomic mass is 9.82. The molecule has 2 aromatic rings. The average Bonchev–Trinajstić information content (AvgIpc) is 2.69. The molecular weight excluding hydrogens is 320 g/mol. The Morgan fingerprint density at radius 1 is 1.08 bits per heavy atom. The number of aromatic nitrogens is 2. The molecule has 136 valence electrons. The molecule has 0 radical (unpaired) electrons. The van der Waals surface area contributed by atoms with Crippen LogP contribution in [0.1, 0.15) is 50.2 Å². The van der Waals surface area contributed by atoms with Gasteiger partial charge in [0.25, 0.3) is 0 Å². The molecule has 0 bridgehead atoms. The molecule has 4 heteroatoms. The summed E-state index contributed by atoms with van der Waals surface area (Å²) in [5.74, 6) is 2.45. The number of nitrogens with zero attached hydrogens (tertiary/aromatic N) is 3. The Balaban J connectivity index is 1.59. The fraction of sp³-hybridized carbons (Fsp3) is 0.455. The SMILES string of the molecule is CCN1CC(C2CCCCC2)=Cc2cnc(Nc3ccc(C)cn3)cc21. The van der Waals surface area contributed by atoms with Crippen LogP contribution in [-0.4, -0.2) is 23.1 Å². The van der Waals surface area contributed by atoms with Crippen LogP contribution in [0.5, 0.6) is 0 Å². The lowest BCUT2D eigenvalue weighted by Crippen LogP contribution is -2.31. The Morgan fingerprint density at radius 3 is 2.62 bits per heavy atom. The Kier molecular flexibility index (Phi) is 4.91. The van der Waals surface area contributed by atoms with Crippen LogP contribution in [0.2, 0.25) is 0 Å². The fourth-order valence-electron chi connectivity index (χ4n) is 4.14. The number of aryl methyl sites for hydroxylation is 1. The van der Waals surface area contributed by atoms with Gasteiger partial charge in [0.1, 0.15) is 11.6 Å². The van der Waals surface area contributed by atoms with Crippen molar-refractivity contribution in [1.29, 1.82) is 0 Å². The summed E-state index contributed by atoms with van der Waals surface area (Å²) in [4.78, 5) is 11.5. The predicted octanol–water partition coefficient (Wildman–Crippen LogP) is 5.33. The highest BCUT2D eigenvalue weighted by Crippen LogP contribution is 2.37. The zero-order valence-electron chi connectivity index (χ0n) is 15.8. The third kappa shape index (κ3) is 3.59. The summed E-state index contributed by atoms with van der Waals surface area (Å²) in [5.41, 5.74) is 5.28. The van der Waals surface area contributed by atoms with Gasteiger partial charge in [-0.25, -0.2) is 9.97 Å².